The maximum atomic E-state index is 11.9. The van der Waals surface area contributed by atoms with Crippen molar-refractivity contribution in [2.75, 3.05) is 40.9 Å². The molecule has 0 amide bonds. The molecule has 6 nitrogen and oxygen atoms in total. The molecule has 0 aliphatic carbocycles. The minimum atomic E-state index is -0.920. The molecule has 1 aliphatic heterocycles. The molecule has 1 heterocycles. The summed E-state index contributed by atoms with van der Waals surface area (Å²) in [5, 5.41) is 10.0. The summed E-state index contributed by atoms with van der Waals surface area (Å²) < 4.78 is 10.5. The summed E-state index contributed by atoms with van der Waals surface area (Å²) in [6.45, 7) is 4.23. The van der Waals surface area contributed by atoms with Crippen molar-refractivity contribution in [3.8, 4) is 11.5 Å². The zero-order valence-electron chi connectivity index (χ0n) is 13.9. The molecule has 2 atom stereocenters. The summed E-state index contributed by atoms with van der Waals surface area (Å²) in [7, 11) is 5.05. The lowest BCUT2D eigenvalue weighted by molar-refractivity contribution is -0.144. The van der Waals surface area contributed by atoms with Crippen LogP contribution in [0.4, 0.5) is 0 Å². The molecule has 1 aliphatic rings. The Hall–Kier alpha value is -1.50. The van der Waals surface area contributed by atoms with Crippen molar-refractivity contribution in [3.05, 3.63) is 22.7 Å². The number of halogens is 1. The van der Waals surface area contributed by atoms with Crippen LogP contribution in [0.1, 0.15) is 18.5 Å². The Morgan fingerprint density at radius 2 is 2.04 bits per heavy atom. The summed E-state index contributed by atoms with van der Waals surface area (Å²) in [6, 6.07) is 2.86. The first-order valence-electron chi connectivity index (χ1n) is 7.48. The largest absolute Gasteiger partial charge is 0.493 e. The summed E-state index contributed by atoms with van der Waals surface area (Å²) in [5.41, 5.74) is 0.522. The van der Waals surface area contributed by atoms with Gasteiger partial charge in [0.2, 0.25) is 0 Å². The molecule has 2 rings (SSSR count). The van der Waals surface area contributed by atoms with Gasteiger partial charge in [-0.2, -0.15) is 0 Å². The van der Waals surface area contributed by atoms with E-state index in [-0.39, 0.29) is 11.1 Å². The van der Waals surface area contributed by atoms with Crippen molar-refractivity contribution in [2.24, 2.45) is 0 Å². The van der Waals surface area contributed by atoms with Gasteiger partial charge < -0.3 is 19.5 Å². The highest BCUT2D eigenvalue weighted by molar-refractivity contribution is 6.33. The zero-order valence-corrected chi connectivity index (χ0v) is 14.6. The van der Waals surface area contributed by atoms with Gasteiger partial charge in [0.05, 0.1) is 19.2 Å². The third kappa shape index (κ3) is 3.54. The average Bonchev–Trinajstić information content (AvgIpc) is 2.52. The molecule has 1 aromatic carbocycles. The third-order valence-electron chi connectivity index (χ3n) is 4.40. The number of methoxy groups -OCH3 is 2. The Morgan fingerprint density at radius 3 is 2.57 bits per heavy atom. The summed E-state index contributed by atoms with van der Waals surface area (Å²) in [4.78, 5) is 16.1. The number of benzene rings is 1. The van der Waals surface area contributed by atoms with Gasteiger partial charge in [-0.15, -0.1) is 0 Å². The molecular formula is C16H23ClN2O4. The van der Waals surface area contributed by atoms with E-state index in [1.54, 1.807) is 12.1 Å². The quantitative estimate of drug-likeness (QED) is 0.884. The molecule has 128 valence electrons. The van der Waals surface area contributed by atoms with Crippen LogP contribution < -0.4 is 9.47 Å². The highest BCUT2D eigenvalue weighted by atomic mass is 35.5. The van der Waals surface area contributed by atoms with Crippen LogP contribution in [0.3, 0.4) is 0 Å². The molecule has 0 saturated carbocycles. The molecular weight excluding hydrogens is 320 g/mol. The van der Waals surface area contributed by atoms with E-state index < -0.39 is 12.0 Å². The van der Waals surface area contributed by atoms with E-state index in [4.69, 9.17) is 21.1 Å². The number of nitrogens with zero attached hydrogens (tertiary/aromatic N) is 2. The van der Waals surface area contributed by atoms with Crippen molar-refractivity contribution in [3.63, 3.8) is 0 Å². The number of carboxylic acids is 1. The number of ether oxygens (including phenoxy) is 2. The normalized spacial score (nSPS) is 21.0. The van der Waals surface area contributed by atoms with Gasteiger partial charge in [0.15, 0.2) is 11.5 Å². The summed E-state index contributed by atoms with van der Waals surface area (Å²) >= 11 is 6.41. The average molecular weight is 343 g/mol. The van der Waals surface area contributed by atoms with Crippen LogP contribution in [0.2, 0.25) is 5.02 Å². The molecule has 1 fully saturated rings. The van der Waals surface area contributed by atoms with Crippen LogP contribution in [0.5, 0.6) is 11.5 Å². The first-order valence-corrected chi connectivity index (χ1v) is 7.86. The van der Waals surface area contributed by atoms with Crippen LogP contribution >= 0.6 is 11.6 Å². The van der Waals surface area contributed by atoms with E-state index in [0.29, 0.717) is 30.2 Å². The predicted octanol–water partition coefficient (Wildman–Crippen LogP) is 2.12. The smallest absolute Gasteiger partial charge is 0.325 e. The Kier molecular flexibility index (Phi) is 5.73. The molecule has 0 aromatic heterocycles. The molecule has 1 N–H and O–H groups in total. The fourth-order valence-electron chi connectivity index (χ4n) is 2.91. The highest BCUT2D eigenvalue weighted by Gasteiger charge is 2.34. The fraction of sp³-hybridized carbons (Fsp3) is 0.562. The Labute approximate surface area is 141 Å². The number of hydrogen-bond acceptors (Lipinski definition) is 5. The Balaban J connectivity index is 2.41. The third-order valence-corrected chi connectivity index (χ3v) is 4.79. The molecule has 1 saturated heterocycles. The molecule has 0 bridgehead atoms. The Bertz CT molecular complexity index is 581. The van der Waals surface area contributed by atoms with Crippen LogP contribution in [0, 0.1) is 0 Å². The lowest BCUT2D eigenvalue weighted by Gasteiger charge is -2.40. The van der Waals surface area contributed by atoms with E-state index >= 15 is 0 Å². The van der Waals surface area contributed by atoms with Gasteiger partial charge in [0.1, 0.15) is 6.04 Å². The number of piperazine rings is 1. The predicted molar refractivity (Wildman–Crippen MR) is 88.6 cm³/mol. The van der Waals surface area contributed by atoms with E-state index in [2.05, 4.69) is 11.8 Å². The lowest BCUT2D eigenvalue weighted by atomic mass is 10.0. The van der Waals surface area contributed by atoms with E-state index in [9.17, 15) is 9.90 Å². The number of aliphatic carboxylic acids is 1. The van der Waals surface area contributed by atoms with E-state index in [1.165, 1.54) is 14.2 Å². The second-order valence-corrected chi connectivity index (χ2v) is 6.15. The first kappa shape index (κ1) is 17.8. The topological polar surface area (TPSA) is 62.2 Å². The van der Waals surface area contributed by atoms with Crippen molar-refractivity contribution in [1.29, 1.82) is 0 Å². The van der Waals surface area contributed by atoms with Gasteiger partial charge in [-0.1, -0.05) is 17.7 Å². The maximum Gasteiger partial charge on any atom is 0.325 e. The van der Waals surface area contributed by atoms with Crippen LogP contribution in [0.15, 0.2) is 12.1 Å². The standard InChI is InChI=1S/C16H23ClN2O4/c1-10-9-19(8-7-18(10)2)14(16(20)21)11-5-6-12(22-3)15(23-4)13(11)17/h5-6,10,14H,7-9H2,1-4H3,(H,20,21). The molecule has 0 spiro atoms. The molecule has 23 heavy (non-hydrogen) atoms. The number of rotatable bonds is 5. The van der Waals surface area contributed by atoms with Gasteiger partial charge in [-0.05, 0) is 20.0 Å². The van der Waals surface area contributed by atoms with E-state index in [1.807, 2.05) is 11.9 Å². The van der Waals surface area contributed by atoms with Crippen LogP contribution in [-0.4, -0.2) is 67.8 Å². The second kappa shape index (κ2) is 7.38. The highest BCUT2D eigenvalue weighted by Crippen LogP contribution is 2.41. The number of hydrogen-bond donors (Lipinski definition) is 1. The minimum Gasteiger partial charge on any atom is -0.493 e. The molecule has 0 radical (unpaired) electrons. The van der Waals surface area contributed by atoms with Crippen molar-refractivity contribution in [2.45, 2.75) is 19.0 Å². The molecule has 1 aromatic rings. The zero-order chi connectivity index (χ0) is 17.1. The first-order chi connectivity index (χ1) is 10.9. The number of carbonyl (C=O) groups is 1. The van der Waals surface area contributed by atoms with Gasteiger partial charge in [0, 0.05) is 31.2 Å². The summed E-state index contributed by atoms with van der Waals surface area (Å²) in [6.07, 6.45) is 0. The van der Waals surface area contributed by atoms with Crippen molar-refractivity contribution >= 4 is 17.6 Å². The molecule has 2 unspecified atom stereocenters. The van der Waals surface area contributed by atoms with Crippen molar-refractivity contribution < 1.29 is 19.4 Å². The number of likely N-dealkylation sites (N-methyl/N-ethyl adjacent to an activating group) is 1. The monoisotopic (exact) mass is 342 g/mol. The van der Waals surface area contributed by atoms with Gasteiger partial charge in [0.25, 0.3) is 0 Å². The lowest BCUT2D eigenvalue weighted by Crippen LogP contribution is -2.52. The summed E-state index contributed by atoms with van der Waals surface area (Å²) in [5.74, 6) is -0.0758. The second-order valence-electron chi connectivity index (χ2n) is 5.77. The maximum absolute atomic E-state index is 11.9. The van der Waals surface area contributed by atoms with Gasteiger partial charge in [-0.3, -0.25) is 9.69 Å². The fourth-order valence-corrected chi connectivity index (χ4v) is 3.25. The molecule has 7 heteroatoms. The van der Waals surface area contributed by atoms with Crippen LogP contribution in [-0.2, 0) is 4.79 Å². The Morgan fingerprint density at radius 1 is 1.35 bits per heavy atom. The van der Waals surface area contributed by atoms with Crippen molar-refractivity contribution in [1.82, 2.24) is 9.80 Å². The SMILES string of the molecule is COc1ccc(C(C(=O)O)N2CCN(C)C(C)C2)c(Cl)c1OC. The van der Waals surface area contributed by atoms with Crippen LogP contribution in [0.25, 0.3) is 0 Å². The van der Waals surface area contributed by atoms with E-state index in [0.717, 1.165) is 6.54 Å². The number of carboxylic acid groups (broad SMARTS) is 1. The van der Waals surface area contributed by atoms with Gasteiger partial charge >= 0.3 is 5.97 Å². The van der Waals surface area contributed by atoms with Gasteiger partial charge in [-0.25, -0.2) is 0 Å². The minimum absolute atomic E-state index is 0.282.